The Kier molecular flexibility index (Phi) is 7.50. The van der Waals surface area contributed by atoms with Crippen molar-refractivity contribution < 1.29 is 14.3 Å². The van der Waals surface area contributed by atoms with Crippen molar-refractivity contribution in [1.29, 1.82) is 0 Å². The van der Waals surface area contributed by atoms with Gasteiger partial charge in [0.05, 0.1) is 19.8 Å². The summed E-state index contributed by atoms with van der Waals surface area (Å²) in [7, 11) is 0. The Balaban J connectivity index is 1.49. The molecule has 0 radical (unpaired) electrons. The predicted octanol–water partition coefficient (Wildman–Crippen LogP) is 4.51. The third kappa shape index (κ3) is 5.86. The maximum absolute atomic E-state index is 12.3. The van der Waals surface area contributed by atoms with Gasteiger partial charge in [-0.2, -0.15) is 0 Å². The number of nitrogens with one attached hydrogen (secondary N) is 1. The molecule has 1 aliphatic rings. The molecular weight excluding hydrogens is 352 g/mol. The number of morpholine rings is 1. The second-order valence-corrected chi connectivity index (χ2v) is 6.71. The smallest absolute Gasteiger partial charge is 0.187 e. The van der Waals surface area contributed by atoms with Crippen molar-refractivity contribution in [3.05, 3.63) is 66.4 Å². The molecule has 0 saturated carbocycles. The monoisotopic (exact) mass is 380 g/mol. The zero-order valence-electron chi connectivity index (χ0n) is 16.4. The summed E-state index contributed by atoms with van der Waals surface area (Å²) in [6.45, 7) is 6.22. The van der Waals surface area contributed by atoms with E-state index < -0.39 is 0 Å². The molecule has 0 unspecified atom stereocenters. The maximum Gasteiger partial charge on any atom is 0.187 e. The van der Waals surface area contributed by atoms with Crippen molar-refractivity contribution in [3.8, 4) is 5.75 Å². The summed E-state index contributed by atoms with van der Waals surface area (Å²) in [5.41, 5.74) is 2.78. The molecule has 28 heavy (non-hydrogen) atoms. The highest BCUT2D eigenvalue weighted by molar-refractivity contribution is 6.04. The zero-order chi connectivity index (χ0) is 19.6. The van der Waals surface area contributed by atoms with E-state index in [-0.39, 0.29) is 5.78 Å². The lowest BCUT2D eigenvalue weighted by atomic mass is 10.1. The van der Waals surface area contributed by atoms with Gasteiger partial charge in [0.15, 0.2) is 5.78 Å². The van der Waals surface area contributed by atoms with Crippen molar-refractivity contribution in [3.63, 3.8) is 0 Å². The normalized spacial score (nSPS) is 14.2. The van der Waals surface area contributed by atoms with Crippen LogP contribution in [-0.2, 0) is 4.74 Å². The molecule has 1 aliphatic heterocycles. The van der Waals surface area contributed by atoms with E-state index in [2.05, 4.69) is 29.3 Å². The van der Waals surface area contributed by atoms with E-state index in [0.717, 1.165) is 50.6 Å². The highest BCUT2D eigenvalue weighted by Crippen LogP contribution is 2.19. The van der Waals surface area contributed by atoms with E-state index in [1.807, 2.05) is 24.3 Å². The molecule has 1 fully saturated rings. The van der Waals surface area contributed by atoms with Gasteiger partial charge in [-0.05, 0) is 55.0 Å². The first-order valence-corrected chi connectivity index (χ1v) is 9.89. The molecule has 0 amide bonds. The number of carbonyl (C=O) groups excluding carboxylic acids is 1. The van der Waals surface area contributed by atoms with Gasteiger partial charge in [-0.3, -0.25) is 4.79 Å². The van der Waals surface area contributed by atoms with Gasteiger partial charge in [0.1, 0.15) is 5.75 Å². The molecule has 0 spiro atoms. The Morgan fingerprint density at radius 3 is 2.50 bits per heavy atom. The van der Waals surface area contributed by atoms with E-state index in [4.69, 9.17) is 9.47 Å². The fourth-order valence-electron chi connectivity index (χ4n) is 2.95. The highest BCUT2D eigenvalue weighted by Gasteiger charge is 2.10. The molecule has 148 valence electrons. The second kappa shape index (κ2) is 10.5. The number of hydrogen-bond donors (Lipinski definition) is 1. The summed E-state index contributed by atoms with van der Waals surface area (Å²) in [5.74, 6) is 0.755. The molecule has 0 atom stereocenters. The number of ketones is 1. The number of benzene rings is 2. The van der Waals surface area contributed by atoms with Gasteiger partial charge < -0.3 is 19.7 Å². The fraction of sp³-hybridized carbons (Fsp3) is 0.348. The number of carbonyl (C=O) groups is 1. The van der Waals surface area contributed by atoms with Crippen molar-refractivity contribution in [2.45, 2.75) is 19.8 Å². The van der Waals surface area contributed by atoms with Gasteiger partial charge in [0.25, 0.3) is 0 Å². The SMILES string of the molecule is CCCCOc1ccc(C(=O)C=CNc2ccc(N3CCOCC3)cc2)cc1. The van der Waals surface area contributed by atoms with Crippen molar-refractivity contribution in [2.75, 3.05) is 43.1 Å². The Bertz CT molecular complexity index is 763. The van der Waals surface area contributed by atoms with Crippen LogP contribution in [0.4, 0.5) is 11.4 Å². The van der Waals surface area contributed by atoms with Crippen LogP contribution in [0.1, 0.15) is 30.1 Å². The Morgan fingerprint density at radius 2 is 1.82 bits per heavy atom. The first kappa shape index (κ1) is 20.0. The predicted molar refractivity (Wildman–Crippen MR) is 113 cm³/mol. The molecule has 0 bridgehead atoms. The number of rotatable bonds is 9. The molecular formula is C23H28N2O3. The summed E-state index contributed by atoms with van der Waals surface area (Å²) in [5, 5.41) is 3.15. The lowest BCUT2D eigenvalue weighted by Crippen LogP contribution is -2.36. The van der Waals surface area contributed by atoms with Crippen LogP contribution in [0.2, 0.25) is 0 Å². The van der Waals surface area contributed by atoms with Gasteiger partial charge in [0.2, 0.25) is 0 Å². The minimum absolute atomic E-state index is 0.0439. The first-order valence-electron chi connectivity index (χ1n) is 9.89. The molecule has 5 heteroatoms. The van der Waals surface area contributed by atoms with E-state index in [1.54, 1.807) is 24.4 Å². The summed E-state index contributed by atoms with van der Waals surface area (Å²) in [6.07, 6.45) is 5.35. The largest absolute Gasteiger partial charge is 0.494 e. The van der Waals surface area contributed by atoms with Gasteiger partial charge in [0, 0.05) is 42.3 Å². The third-order valence-electron chi connectivity index (χ3n) is 4.63. The number of allylic oxidation sites excluding steroid dienone is 1. The van der Waals surface area contributed by atoms with Gasteiger partial charge in [-0.1, -0.05) is 13.3 Å². The van der Waals surface area contributed by atoms with Crippen LogP contribution in [0.5, 0.6) is 5.75 Å². The van der Waals surface area contributed by atoms with Crippen LogP contribution in [0.3, 0.4) is 0 Å². The molecule has 2 aromatic rings. The van der Waals surface area contributed by atoms with E-state index in [9.17, 15) is 4.79 Å². The molecule has 1 heterocycles. The topological polar surface area (TPSA) is 50.8 Å². The molecule has 1 N–H and O–H groups in total. The Labute approximate surface area is 167 Å². The lowest BCUT2D eigenvalue weighted by Gasteiger charge is -2.28. The van der Waals surface area contributed by atoms with E-state index >= 15 is 0 Å². The minimum atomic E-state index is -0.0439. The third-order valence-corrected chi connectivity index (χ3v) is 4.63. The standard InChI is InChI=1S/C23H28N2O3/c1-2-3-16-28-22-10-4-19(5-11-22)23(26)12-13-24-20-6-8-21(9-7-20)25-14-17-27-18-15-25/h4-13,24H,2-3,14-18H2,1H3. The number of hydrogen-bond acceptors (Lipinski definition) is 5. The first-order chi connectivity index (χ1) is 13.8. The Hall–Kier alpha value is -2.79. The molecule has 3 rings (SSSR count). The summed E-state index contributed by atoms with van der Waals surface area (Å²) < 4.78 is 11.0. The van der Waals surface area contributed by atoms with Crippen LogP contribution < -0.4 is 15.0 Å². The van der Waals surface area contributed by atoms with Crippen LogP contribution in [-0.4, -0.2) is 38.7 Å². The lowest BCUT2D eigenvalue weighted by molar-refractivity contribution is 0.104. The van der Waals surface area contributed by atoms with Crippen molar-refractivity contribution in [2.24, 2.45) is 0 Å². The maximum atomic E-state index is 12.3. The quantitative estimate of drug-likeness (QED) is 0.394. The molecule has 0 aromatic heterocycles. The molecule has 1 saturated heterocycles. The number of anilines is 2. The van der Waals surface area contributed by atoms with Crippen LogP contribution in [0.15, 0.2) is 60.8 Å². The fourth-order valence-corrected chi connectivity index (χ4v) is 2.95. The average Bonchev–Trinajstić information content (AvgIpc) is 2.75. The van der Waals surface area contributed by atoms with Crippen LogP contribution >= 0.6 is 0 Å². The van der Waals surface area contributed by atoms with E-state index in [0.29, 0.717) is 12.2 Å². The summed E-state index contributed by atoms with van der Waals surface area (Å²) in [6, 6.07) is 15.5. The number of unbranched alkanes of at least 4 members (excludes halogenated alkanes) is 1. The Morgan fingerprint density at radius 1 is 1.11 bits per heavy atom. The van der Waals surface area contributed by atoms with Crippen LogP contribution in [0.25, 0.3) is 0 Å². The average molecular weight is 380 g/mol. The second-order valence-electron chi connectivity index (χ2n) is 6.71. The van der Waals surface area contributed by atoms with Gasteiger partial charge >= 0.3 is 0 Å². The van der Waals surface area contributed by atoms with Crippen molar-refractivity contribution >= 4 is 17.2 Å². The minimum Gasteiger partial charge on any atom is -0.494 e. The van der Waals surface area contributed by atoms with Gasteiger partial charge in [-0.25, -0.2) is 0 Å². The molecule has 0 aliphatic carbocycles. The number of ether oxygens (including phenoxy) is 2. The van der Waals surface area contributed by atoms with Crippen LogP contribution in [0, 0.1) is 0 Å². The van der Waals surface area contributed by atoms with E-state index in [1.165, 1.54) is 5.69 Å². The number of nitrogens with zero attached hydrogens (tertiary/aromatic N) is 1. The highest BCUT2D eigenvalue weighted by atomic mass is 16.5. The molecule has 2 aromatic carbocycles. The van der Waals surface area contributed by atoms with Gasteiger partial charge in [-0.15, -0.1) is 0 Å². The summed E-state index contributed by atoms with van der Waals surface area (Å²) >= 11 is 0. The zero-order valence-corrected chi connectivity index (χ0v) is 16.4. The summed E-state index contributed by atoms with van der Waals surface area (Å²) in [4.78, 5) is 14.6. The van der Waals surface area contributed by atoms with Crippen molar-refractivity contribution in [1.82, 2.24) is 0 Å². The molecule has 5 nitrogen and oxygen atoms in total.